The second kappa shape index (κ2) is 7.83. The number of aryl methyl sites for hydroxylation is 1. The van der Waals surface area contributed by atoms with Crippen LogP contribution in [0.1, 0.15) is 30.9 Å². The lowest BCUT2D eigenvalue weighted by molar-refractivity contribution is -0.122. The molecule has 1 heterocycles. The van der Waals surface area contributed by atoms with Gasteiger partial charge >= 0.3 is 0 Å². The van der Waals surface area contributed by atoms with Crippen molar-refractivity contribution in [2.45, 2.75) is 31.8 Å². The van der Waals surface area contributed by atoms with Crippen LogP contribution in [0.4, 0.5) is 4.39 Å². The summed E-state index contributed by atoms with van der Waals surface area (Å²) >= 11 is 0. The van der Waals surface area contributed by atoms with Crippen LogP contribution in [0.3, 0.4) is 0 Å². The van der Waals surface area contributed by atoms with E-state index < -0.39 is 5.60 Å². The molecule has 1 unspecified atom stereocenters. The van der Waals surface area contributed by atoms with Gasteiger partial charge in [0, 0.05) is 18.8 Å². The average Bonchev–Trinajstić information content (AvgIpc) is 2.54. The SMILES string of the molecule is CC(O)(CNC(=O)CCCc1cccnc1)c1ccc(F)cc1. The van der Waals surface area contributed by atoms with Crippen molar-refractivity contribution in [2.24, 2.45) is 0 Å². The van der Waals surface area contributed by atoms with E-state index in [1.165, 1.54) is 24.3 Å². The number of aliphatic hydroxyl groups is 1. The van der Waals surface area contributed by atoms with Crippen molar-refractivity contribution in [1.29, 1.82) is 0 Å². The fourth-order valence-corrected chi connectivity index (χ4v) is 2.27. The molecular formula is C18H21FN2O2. The van der Waals surface area contributed by atoms with Crippen LogP contribution in [0.5, 0.6) is 0 Å². The largest absolute Gasteiger partial charge is 0.384 e. The molecule has 122 valence electrons. The number of hydrogen-bond donors (Lipinski definition) is 2. The molecule has 4 nitrogen and oxygen atoms in total. The van der Waals surface area contributed by atoms with E-state index in [1.807, 2.05) is 12.1 Å². The maximum atomic E-state index is 12.9. The second-order valence-corrected chi connectivity index (χ2v) is 5.77. The minimum atomic E-state index is -1.23. The zero-order valence-corrected chi connectivity index (χ0v) is 13.1. The van der Waals surface area contributed by atoms with E-state index in [0.717, 1.165) is 18.4 Å². The minimum absolute atomic E-state index is 0.0877. The highest BCUT2D eigenvalue weighted by Crippen LogP contribution is 2.19. The summed E-state index contributed by atoms with van der Waals surface area (Å²) in [6.07, 6.45) is 5.39. The molecule has 1 aromatic carbocycles. The molecule has 2 N–H and O–H groups in total. The summed E-state index contributed by atoms with van der Waals surface area (Å²) in [6.45, 7) is 1.68. The molecule has 0 bridgehead atoms. The molecule has 1 amide bonds. The van der Waals surface area contributed by atoms with Gasteiger partial charge in [-0.05, 0) is 49.1 Å². The standard InChI is InChI=1S/C18H21FN2O2/c1-18(23,15-7-9-16(19)10-8-15)13-21-17(22)6-2-4-14-5-3-11-20-12-14/h3,5,7-12,23H,2,4,6,13H2,1H3,(H,21,22). The maximum absolute atomic E-state index is 12.9. The van der Waals surface area contributed by atoms with Crippen molar-refractivity contribution >= 4 is 5.91 Å². The third-order valence-corrected chi connectivity index (χ3v) is 3.69. The highest BCUT2D eigenvalue weighted by molar-refractivity contribution is 5.75. The first-order valence-corrected chi connectivity index (χ1v) is 7.61. The Kier molecular flexibility index (Phi) is 5.82. The van der Waals surface area contributed by atoms with Crippen LogP contribution < -0.4 is 5.32 Å². The van der Waals surface area contributed by atoms with E-state index in [1.54, 1.807) is 19.3 Å². The Bertz CT molecular complexity index is 627. The number of carbonyl (C=O) groups excluding carboxylic acids is 1. The molecule has 0 spiro atoms. The van der Waals surface area contributed by atoms with Crippen LogP contribution in [0, 0.1) is 5.82 Å². The lowest BCUT2D eigenvalue weighted by Gasteiger charge is -2.24. The van der Waals surface area contributed by atoms with E-state index in [2.05, 4.69) is 10.3 Å². The molecule has 0 saturated heterocycles. The van der Waals surface area contributed by atoms with Crippen molar-refractivity contribution in [3.63, 3.8) is 0 Å². The van der Waals surface area contributed by atoms with Crippen LogP contribution in [0.2, 0.25) is 0 Å². The van der Waals surface area contributed by atoms with Crippen molar-refractivity contribution in [3.05, 3.63) is 65.7 Å². The molecule has 0 fully saturated rings. The lowest BCUT2D eigenvalue weighted by atomic mass is 9.96. The highest BCUT2D eigenvalue weighted by Gasteiger charge is 2.23. The van der Waals surface area contributed by atoms with E-state index in [9.17, 15) is 14.3 Å². The second-order valence-electron chi connectivity index (χ2n) is 5.77. The number of benzene rings is 1. The molecule has 0 saturated carbocycles. The fraction of sp³-hybridized carbons (Fsp3) is 0.333. The van der Waals surface area contributed by atoms with Gasteiger partial charge in [-0.25, -0.2) is 4.39 Å². The number of hydrogen-bond acceptors (Lipinski definition) is 3. The van der Waals surface area contributed by atoms with Crippen molar-refractivity contribution < 1.29 is 14.3 Å². The van der Waals surface area contributed by atoms with E-state index in [4.69, 9.17) is 0 Å². The molecule has 2 aromatic rings. The smallest absolute Gasteiger partial charge is 0.220 e. The summed E-state index contributed by atoms with van der Waals surface area (Å²) < 4.78 is 12.9. The zero-order chi connectivity index (χ0) is 16.7. The van der Waals surface area contributed by atoms with Crippen molar-refractivity contribution in [2.75, 3.05) is 6.54 Å². The van der Waals surface area contributed by atoms with Gasteiger partial charge < -0.3 is 10.4 Å². The Morgan fingerprint density at radius 3 is 2.70 bits per heavy atom. The van der Waals surface area contributed by atoms with E-state index in [-0.39, 0.29) is 18.3 Å². The number of amides is 1. The monoisotopic (exact) mass is 316 g/mol. The Balaban J connectivity index is 1.76. The van der Waals surface area contributed by atoms with Gasteiger partial charge in [-0.15, -0.1) is 0 Å². The van der Waals surface area contributed by atoms with Gasteiger partial charge in [0.25, 0.3) is 0 Å². The van der Waals surface area contributed by atoms with Gasteiger partial charge in [-0.2, -0.15) is 0 Å². The van der Waals surface area contributed by atoms with Gasteiger partial charge in [-0.3, -0.25) is 9.78 Å². The first-order chi connectivity index (χ1) is 11.0. The molecule has 0 radical (unpaired) electrons. The van der Waals surface area contributed by atoms with E-state index in [0.29, 0.717) is 12.0 Å². The Morgan fingerprint density at radius 1 is 1.30 bits per heavy atom. The number of halogens is 1. The predicted octanol–water partition coefficient (Wildman–Crippen LogP) is 2.57. The Morgan fingerprint density at radius 2 is 2.04 bits per heavy atom. The maximum Gasteiger partial charge on any atom is 0.220 e. The highest BCUT2D eigenvalue weighted by atomic mass is 19.1. The topological polar surface area (TPSA) is 62.2 Å². The van der Waals surface area contributed by atoms with Gasteiger partial charge in [0.2, 0.25) is 5.91 Å². The predicted molar refractivity (Wildman–Crippen MR) is 86.2 cm³/mol. The van der Waals surface area contributed by atoms with E-state index >= 15 is 0 Å². The quantitative estimate of drug-likeness (QED) is 0.825. The van der Waals surface area contributed by atoms with Gasteiger partial charge in [0.15, 0.2) is 0 Å². The van der Waals surface area contributed by atoms with Crippen LogP contribution >= 0.6 is 0 Å². The summed E-state index contributed by atoms with van der Waals surface area (Å²) in [4.78, 5) is 15.9. The van der Waals surface area contributed by atoms with Crippen molar-refractivity contribution in [1.82, 2.24) is 10.3 Å². The first-order valence-electron chi connectivity index (χ1n) is 7.61. The molecule has 0 aliphatic heterocycles. The van der Waals surface area contributed by atoms with Crippen LogP contribution in [-0.2, 0) is 16.8 Å². The molecule has 0 aliphatic carbocycles. The number of rotatable bonds is 7. The molecule has 1 atom stereocenters. The number of carbonyl (C=O) groups is 1. The van der Waals surface area contributed by atoms with Crippen LogP contribution in [0.25, 0.3) is 0 Å². The minimum Gasteiger partial charge on any atom is -0.384 e. The molecule has 0 aliphatic rings. The van der Waals surface area contributed by atoms with Gasteiger partial charge in [-0.1, -0.05) is 18.2 Å². The van der Waals surface area contributed by atoms with Gasteiger partial charge in [0.05, 0.1) is 6.54 Å². The zero-order valence-electron chi connectivity index (χ0n) is 13.1. The lowest BCUT2D eigenvalue weighted by Crippen LogP contribution is -2.38. The third kappa shape index (κ3) is 5.45. The molecule has 2 rings (SSSR count). The summed E-state index contributed by atoms with van der Waals surface area (Å²) in [5.41, 5.74) is 0.431. The Labute approximate surface area is 135 Å². The summed E-state index contributed by atoms with van der Waals surface area (Å²) in [5, 5.41) is 13.1. The summed E-state index contributed by atoms with van der Waals surface area (Å²) in [6, 6.07) is 9.46. The number of nitrogens with one attached hydrogen (secondary N) is 1. The third-order valence-electron chi connectivity index (χ3n) is 3.69. The normalized spacial score (nSPS) is 13.3. The molecular weight excluding hydrogens is 295 g/mol. The Hall–Kier alpha value is -2.27. The van der Waals surface area contributed by atoms with Gasteiger partial charge in [0.1, 0.15) is 11.4 Å². The van der Waals surface area contributed by atoms with Crippen LogP contribution in [-0.4, -0.2) is 22.5 Å². The summed E-state index contributed by atoms with van der Waals surface area (Å²) in [7, 11) is 0. The number of pyridine rings is 1. The molecule has 1 aromatic heterocycles. The number of nitrogens with zero attached hydrogens (tertiary/aromatic N) is 1. The molecule has 5 heteroatoms. The first kappa shape index (κ1) is 17.1. The number of aromatic nitrogens is 1. The van der Waals surface area contributed by atoms with Crippen molar-refractivity contribution in [3.8, 4) is 0 Å². The molecule has 23 heavy (non-hydrogen) atoms. The summed E-state index contributed by atoms with van der Waals surface area (Å²) in [5.74, 6) is -0.472. The van der Waals surface area contributed by atoms with Crippen LogP contribution in [0.15, 0.2) is 48.8 Å². The fourth-order valence-electron chi connectivity index (χ4n) is 2.27. The average molecular weight is 316 g/mol.